The summed E-state index contributed by atoms with van der Waals surface area (Å²) in [6.45, 7) is 4.56. The fourth-order valence-corrected chi connectivity index (χ4v) is 3.15. The molecule has 3 N–H and O–H groups in total. The first-order valence-electron chi connectivity index (χ1n) is 5.96. The van der Waals surface area contributed by atoms with Gasteiger partial charge in [-0.05, 0) is 29.8 Å². The van der Waals surface area contributed by atoms with Crippen molar-refractivity contribution in [2.24, 2.45) is 5.41 Å². The number of aromatic nitrogens is 1. The van der Waals surface area contributed by atoms with Crippen molar-refractivity contribution in [3.05, 3.63) is 5.56 Å². The molecule has 92 valence electrons. The molecule has 0 radical (unpaired) electrons. The number of nitrogens with zero attached hydrogens (tertiary/aromatic N) is 2. The van der Waals surface area contributed by atoms with Gasteiger partial charge in [-0.15, -0.1) is 0 Å². The third kappa shape index (κ3) is 2.37. The van der Waals surface area contributed by atoms with E-state index < -0.39 is 0 Å². The van der Waals surface area contributed by atoms with Crippen molar-refractivity contribution in [2.45, 2.75) is 45.6 Å². The number of nitrogens with one attached hydrogen (secondary N) is 1. The summed E-state index contributed by atoms with van der Waals surface area (Å²) in [7, 11) is 0. The van der Waals surface area contributed by atoms with E-state index in [0.717, 1.165) is 11.4 Å². The minimum absolute atomic E-state index is 0.268. The number of nitriles is 1. The van der Waals surface area contributed by atoms with Gasteiger partial charge < -0.3 is 11.1 Å². The molecule has 0 aromatic carbocycles. The molecule has 1 unspecified atom stereocenters. The zero-order chi connectivity index (χ0) is 12.5. The largest absolute Gasteiger partial charge is 0.382 e. The van der Waals surface area contributed by atoms with Crippen molar-refractivity contribution in [3.8, 4) is 6.07 Å². The van der Waals surface area contributed by atoms with E-state index in [1.54, 1.807) is 0 Å². The second-order valence-electron chi connectivity index (χ2n) is 5.32. The molecule has 1 aliphatic rings. The molecule has 2 rings (SSSR count). The first-order valence-corrected chi connectivity index (χ1v) is 6.74. The van der Waals surface area contributed by atoms with Gasteiger partial charge in [0.2, 0.25) is 0 Å². The summed E-state index contributed by atoms with van der Waals surface area (Å²) in [5, 5.41) is 13.3. The molecule has 0 aliphatic heterocycles. The summed E-state index contributed by atoms with van der Waals surface area (Å²) in [5.74, 6) is 0.341. The van der Waals surface area contributed by atoms with Gasteiger partial charge in [-0.25, -0.2) is 0 Å². The summed E-state index contributed by atoms with van der Waals surface area (Å²) in [5.41, 5.74) is 6.43. The minimum Gasteiger partial charge on any atom is -0.382 e. The van der Waals surface area contributed by atoms with Crippen molar-refractivity contribution in [1.29, 1.82) is 5.26 Å². The molecule has 1 aromatic heterocycles. The van der Waals surface area contributed by atoms with Crippen LogP contribution in [-0.4, -0.2) is 10.4 Å². The van der Waals surface area contributed by atoms with Crippen molar-refractivity contribution >= 4 is 22.4 Å². The summed E-state index contributed by atoms with van der Waals surface area (Å²) in [6, 6.07) is 2.53. The van der Waals surface area contributed by atoms with Crippen LogP contribution in [0.2, 0.25) is 0 Å². The van der Waals surface area contributed by atoms with Crippen LogP contribution in [0.4, 0.5) is 10.8 Å². The molecule has 1 atom stereocenters. The quantitative estimate of drug-likeness (QED) is 0.846. The van der Waals surface area contributed by atoms with Crippen LogP contribution in [0.15, 0.2) is 0 Å². The van der Waals surface area contributed by atoms with Crippen molar-refractivity contribution < 1.29 is 0 Å². The van der Waals surface area contributed by atoms with Crippen LogP contribution in [-0.2, 0) is 0 Å². The molecule has 1 aromatic rings. The highest BCUT2D eigenvalue weighted by Gasteiger charge is 2.33. The number of nitrogen functional groups attached to an aromatic ring is 1. The summed E-state index contributed by atoms with van der Waals surface area (Å²) in [6.07, 6.45) is 4.91. The summed E-state index contributed by atoms with van der Waals surface area (Å²) < 4.78 is 4.04. The molecule has 0 amide bonds. The van der Waals surface area contributed by atoms with Gasteiger partial charge in [0.1, 0.15) is 16.6 Å². The van der Waals surface area contributed by atoms with Gasteiger partial charge in [0, 0.05) is 6.04 Å². The molecular formula is C12H18N4S. The average molecular weight is 250 g/mol. The lowest BCUT2D eigenvalue weighted by Crippen LogP contribution is -2.38. The molecule has 0 bridgehead atoms. The number of hydrogen-bond acceptors (Lipinski definition) is 5. The van der Waals surface area contributed by atoms with E-state index in [0.29, 0.717) is 17.4 Å². The zero-order valence-corrected chi connectivity index (χ0v) is 11.1. The fraction of sp³-hybridized carbons (Fsp3) is 0.667. The van der Waals surface area contributed by atoms with E-state index in [2.05, 4.69) is 29.6 Å². The first-order chi connectivity index (χ1) is 8.04. The van der Waals surface area contributed by atoms with E-state index in [1.807, 2.05) is 0 Å². The van der Waals surface area contributed by atoms with Gasteiger partial charge in [0.25, 0.3) is 0 Å². The standard InChI is InChI=1S/C12H18N4S/c1-12(2)6-4-3-5-9(12)15-11-8(7-13)10(14)16-17-11/h9,15H,3-6H2,1-2H3,(H2,14,16). The maximum absolute atomic E-state index is 9.04. The average Bonchev–Trinajstić information content (AvgIpc) is 2.62. The molecule has 0 saturated heterocycles. The topological polar surface area (TPSA) is 74.7 Å². The normalized spacial score (nSPS) is 23.0. The summed E-state index contributed by atoms with van der Waals surface area (Å²) in [4.78, 5) is 0. The Bertz CT molecular complexity index is 444. The van der Waals surface area contributed by atoms with Crippen molar-refractivity contribution in [3.63, 3.8) is 0 Å². The molecule has 1 heterocycles. The van der Waals surface area contributed by atoms with Gasteiger partial charge in [0.05, 0.1) is 0 Å². The second kappa shape index (κ2) is 4.53. The van der Waals surface area contributed by atoms with Crippen LogP contribution in [0, 0.1) is 16.7 Å². The highest BCUT2D eigenvalue weighted by atomic mass is 32.1. The Morgan fingerprint density at radius 2 is 2.29 bits per heavy atom. The Hall–Kier alpha value is -1.28. The molecule has 17 heavy (non-hydrogen) atoms. The molecular weight excluding hydrogens is 232 g/mol. The Morgan fingerprint density at radius 3 is 2.94 bits per heavy atom. The highest BCUT2D eigenvalue weighted by molar-refractivity contribution is 7.10. The molecule has 0 spiro atoms. The van der Waals surface area contributed by atoms with Gasteiger partial charge in [-0.2, -0.15) is 9.64 Å². The predicted molar refractivity (Wildman–Crippen MR) is 70.9 cm³/mol. The zero-order valence-electron chi connectivity index (χ0n) is 10.3. The lowest BCUT2D eigenvalue weighted by molar-refractivity contribution is 0.217. The number of nitrogens with two attached hydrogens (primary N) is 1. The first kappa shape index (κ1) is 12.2. The third-order valence-electron chi connectivity index (χ3n) is 3.64. The molecule has 1 saturated carbocycles. The predicted octanol–water partition coefficient (Wildman–Crippen LogP) is 2.98. The van der Waals surface area contributed by atoms with Gasteiger partial charge in [0.15, 0.2) is 5.82 Å². The summed E-state index contributed by atoms with van der Waals surface area (Å²) >= 11 is 1.29. The lowest BCUT2D eigenvalue weighted by Gasteiger charge is -2.39. The van der Waals surface area contributed by atoms with Gasteiger partial charge >= 0.3 is 0 Å². The monoisotopic (exact) mass is 250 g/mol. The Labute approximate surface area is 106 Å². The maximum atomic E-state index is 9.04. The third-order valence-corrected chi connectivity index (χ3v) is 4.44. The van der Waals surface area contributed by atoms with E-state index in [4.69, 9.17) is 11.0 Å². The molecule has 1 aliphatic carbocycles. The van der Waals surface area contributed by atoms with Crippen LogP contribution < -0.4 is 11.1 Å². The SMILES string of the molecule is CC1(C)CCCCC1Nc1snc(N)c1C#N. The number of hydrogen-bond donors (Lipinski definition) is 2. The van der Waals surface area contributed by atoms with Gasteiger partial charge in [-0.1, -0.05) is 26.7 Å². The molecule has 5 heteroatoms. The van der Waals surface area contributed by atoms with Crippen LogP contribution in [0.25, 0.3) is 0 Å². The Balaban J connectivity index is 2.17. The van der Waals surface area contributed by atoms with Crippen LogP contribution >= 0.6 is 11.5 Å². The minimum atomic E-state index is 0.268. The Morgan fingerprint density at radius 1 is 1.53 bits per heavy atom. The van der Waals surface area contributed by atoms with Gasteiger partial charge in [-0.3, -0.25) is 0 Å². The van der Waals surface area contributed by atoms with Crippen molar-refractivity contribution in [1.82, 2.24) is 4.37 Å². The van der Waals surface area contributed by atoms with E-state index in [1.165, 1.54) is 30.8 Å². The second-order valence-corrected chi connectivity index (χ2v) is 6.09. The van der Waals surface area contributed by atoms with E-state index >= 15 is 0 Å². The number of rotatable bonds is 2. The van der Waals surface area contributed by atoms with Crippen molar-refractivity contribution in [2.75, 3.05) is 11.1 Å². The highest BCUT2D eigenvalue weighted by Crippen LogP contribution is 2.39. The van der Waals surface area contributed by atoms with E-state index in [-0.39, 0.29) is 5.41 Å². The van der Waals surface area contributed by atoms with Crippen LogP contribution in [0.1, 0.15) is 45.1 Å². The van der Waals surface area contributed by atoms with Crippen LogP contribution in [0.3, 0.4) is 0 Å². The number of anilines is 2. The lowest BCUT2D eigenvalue weighted by atomic mass is 9.73. The Kier molecular flexibility index (Phi) is 3.25. The van der Waals surface area contributed by atoms with Crippen LogP contribution in [0.5, 0.6) is 0 Å². The smallest absolute Gasteiger partial charge is 0.157 e. The molecule has 4 nitrogen and oxygen atoms in total. The molecule has 1 fully saturated rings. The van der Waals surface area contributed by atoms with E-state index in [9.17, 15) is 0 Å². The fourth-order valence-electron chi connectivity index (χ4n) is 2.43. The maximum Gasteiger partial charge on any atom is 0.157 e.